The van der Waals surface area contributed by atoms with Gasteiger partial charge in [0, 0.05) is 0 Å². The van der Waals surface area contributed by atoms with E-state index in [1.807, 2.05) is 13.8 Å². The Hall–Kier alpha value is -0.965. The molecule has 1 aliphatic heterocycles. The minimum atomic E-state index is -4.90. The van der Waals surface area contributed by atoms with Crippen LogP contribution in [0.1, 0.15) is 25.0 Å². The second-order valence-corrected chi connectivity index (χ2v) is 4.60. The molecular formula is C11H13BF3O-. The topological polar surface area (TPSA) is 9.23 Å². The normalized spacial score (nSPS) is 19.3. The fourth-order valence-corrected chi connectivity index (χ4v) is 2.11. The zero-order chi connectivity index (χ0) is 12.0. The van der Waals surface area contributed by atoms with E-state index < -0.39 is 18.0 Å². The molecule has 0 spiro atoms. The van der Waals surface area contributed by atoms with Crippen molar-refractivity contribution in [1.82, 2.24) is 0 Å². The van der Waals surface area contributed by atoms with E-state index in [0.717, 1.165) is 17.2 Å². The first-order valence-electron chi connectivity index (χ1n) is 5.28. The Morgan fingerprint density at radius 2 is 1.94 bits per heavy atom. The third-order valence-corrected chi connectivity index (χ3v) is 2.99. The lowest BCUT2D eigenvalue weighted by Crippen LogP contribution is -2.37. The van der Waals surface area contributed by atoms with Crippen molar-refractivity contribution in [3.63, 3.8) is 0 Å². The highest BCUT2D eigenvalue weighted by molar-refractivity contribution is 6.73. The summed E-state index contributed by atoms with van der Waals surface area (Å²) in [7, 11) is 0. The summed E-state index contributed by atoms with van der Waals surface area (Å²) in [6.45, 7) is -0.665. The van der Waals surface area contributed by atoms with Gasteiger partial charge in [-0.25, -0.2) is 0 Å². The minimum Gasteiger partial charge on any atom is -0.445 e. The largest absolute Gasteiger partial charge is 0.509 e. The number of fused-ring (bicyclic) bond motifs is 1. The van der Waals surface area contributed by atoms with Crippen LogP contribution in [0.25, 0.3) is 0 Å². The molecule has 0 atom stereocenters. The molecule has 0 saturated heterocycles. The molecule has 2 rings (SSSR count). The smallest absolute Gasteiger partial charge is 0.445 e. The summed E-state index contributed by atoms with van der Waals surface area (Å²) in [5.74, 6) is 0. The molecule has 0 unspecified atom stereocenters. The van der Waals surface area contributed by atoms with Crippen LogP contribution in [-0.4, -0.2) is 13.6 Å². The van der Waals surface area contributed by atoms with Crippen molar-refractivity contribution in [1.29, 1.82) is 0 Å². The Labute approximate surface area is 92.7 Å². The molecule has 0 radical (unpaired) electrons. The van der Waals surface area contributed by atoms with Crippen molar-refractivity contribution in [2.24, 2.45) is 0 Å². The van der Waals surface area contributed by atoms with E-state index in [-0.39, 0.29) is 0 Å². The highest BCUT2D eigenvalue weighted by Crippen LogP contribution is 2.32. The van der Waals surface area contributed by atoms with Crippen molar-refractivity contribution in [2.45, 2.75) is 25.9 Å². The molecule has 0 fully saturated rings. The second-order valence-electron chi connectivity index (χ2n) is 4.60. The Morgan fingerprint density at radius 3 is 2.56 bits per heavy atom. The summed E-state index contributed by atoms with van der Waals surface area (Å²) in [5, 5.41) is 0. The van der Waals surface area contributed by atoms with E-state index >= 15 is 0 Å². The predicted molar refractivity (Wildman–Crippen MR) is 57.8 cm³/mol. The fraction of sp³-hybridized carbons (Fsp3) is 0.455. The van der Waals surface area contributed by atoms with Gasteiger partial charge >= 0.3 is 6.98 Å². The van der Waals surface area contributed by atoms with E-state index in [1.54, 1.807) is 6.07 Å². The summed E-state index contributed by atoms with van der Waals surface area (Å²) in [5.41, 5.74) is 0.622. The number of benzene rings is 1. The van der Waals surface area contributed by atoms with Crippen molar-refractivity contribution >= 4 is 12.4 Å². The van der Waals surface area contributed by atoms with Crippen LogP contribution in [0, 0.1) is 0 Å². The maximum Gasteiger partial charge on any atom is 0.509 e. The zero-order valence-electron chi connectivity index (χ0n) is 9.27. The van der Waals surface area contributed by atoms with Crippen LogP contribution < -0.4 is 5.46 Å². The van der Waals surface area contributed by atoms with Gasteiger partial charge in [-0.05, 0) is 31.4 Å². The molecule has 16 heavy (non-hydrogen) atoms. The van der Waals surface area contributed by atoms with E-state index in [0.29, 0.717) is 13.0 Å². The molecule has 1 heterocycles. The van der Waals surface area contributed by atoms with Crippen LogP contribution in [0.5, 0.6) is 0 Å². The molecule has 0 N–H and O–H groups in total. The quantitative estimate of drug-likeness (QED) is 0.672. The average molecular weight is 229 g/mol. The van der Waals surface area contributed by atoms with Gasteiger partial charge in [0.25, 0.3) is 0 Å². The Morgan fingerprint density at radius 1 is 1.25 bits per heavy atom. The van der Waals surface area contributed by atoms with Gasteiger partial charge in [-0.15, -0.1) is 5.46 Å². The van der Waals surface area contributed by atoms with Crippen LogP contribution in [-0.2, 0) is 16.8 Å². The molecule has 5 heteroatoms. The van der Waals surface area contributed by atoms with Crippen LogP contribution in [0.4, 0.5) is 12.9 Å². The highest BCUT2D eigenvalue weighted by Gasteiger charge is 2.31. The van der Waals surface area contributed by atoms with E-state index in [9.17, 15) is 12.9 Å². The van der Waals surface area contributed by atoms with Crippen LogP contribution in [0.2, 0.25) is 0 Å². The molecule has 0 saturated carbocycles. The standard InChI is InChI=1S/C11H13BF3O/c1-11(2)10-4-3-9(12(13,14)15)7-8(10)5-6-16-11/h3-4,7H,5-6H2,1-2H3/q-1. The monoisotopic (exact) mass is 229 g/mol. The number of hydrogen-bond acceptors (Lipinski definition) is 1. The minimum absolute atomic E-state index is 0.480. The van der Waals surface area contributed by atoms with Gasteiger partial charge in [-0.2, -0.15) is 0 Å². The molecule has 0 amide bonds. The van der Waals surface area contributed by atoms with Gasteiger partial charge in [0.2, 0.25) is 0 Å². The molecule has 88 valence electrons. The van der Waals surface area contributed by atoms with Gasteiger partial charge in [-0.1, -0.05) is 18.2 Å². The van der Waals surface area contributed by atoms with E-state index in [4.69, 9.17) is 4.74 Å². The Kier molecular flexibility index (Phi) is 2.53. The molecule has 1 nitrogen and oxygen atoms in total. The van der Waals surface area contributed by atoms with Gasteiger partial charge in [-0.3, -0.25) is 0 Å². The molecule has 0 bridgehead atoms. The first kappa shape index (κ1) is 11.5. The third kappa shape index (κ3) is 1.96. The molecule has 0 aliphatic carbocycles. The molecule has 1 aromatic carbocycles. The maximum absolute atomic E-state index is 12.6. The van der Waals surface area contributed by atoms with Crippen molar-refractivity contribution in [3.8, 4) is 0 Å². The number of ether oxygens (including phenoxy) is 1. The molecule has 1 aromatic rings. The number of hydrogen-bond donors (Lipinski definition) is 0. The van der Waals surface area contributed by atoms with Gasteiger partial charge in [0.1, 0.15) is 0 Å². The number of halogens is 3. The van der Waals surface area contributed by atoms with Gasteiger partial charge in [0.05, 0.1) is 12.2 Å². The van der Waals surface area contributed by atoms with Gasteiger partial charge < -0.3 is 17.7 Å². The first-order chi connectivity index (χ1) is 7.31. The second kappa shape index (κ2) is 3.52. The van der Waals surface area contributed by atoms with Crippen molar-refractivity contribution in [3.05, 3.63) is 29.3 Å². The molecule has 0 aromatic heterocycles. The lowest BCUT2D eigenvalue weighted by Gasteiger charge is -2.34. The van der Waals surface area contributed by atoms with E-state index in [2.05, 4.69) is 0 Å². The Bertz CT molecular complexity index is 412. The van der Waals surface area contributed by atoms with Crippen LogP contribution in [0.15, 0.2) is 18.2 Å². The zero-order valence-corrected chi connectivity index (χ0v) is 9.27. The first-order valence-corrected chi connectivity index (χ1v) is 5.28. The average Bonchev–Trinajstić information content (AvgIpc) is 2.15. The van der Waals surface area contributed by atoms with Crippen molar-refractivity contribution in [2.75, 3.05) is 6.61 Å². The van der Waals surface area contributed by atoms with Gasteiger partial charge in [0.15, 0.2) is 0 Å². The summed E-state index contributed by atoms with van der Waals surface area (Å²) < 4.78 is 43.3. The highest BCUT2D eigenvalue weighted by atomic mass is 19.4. The summed E-state index contributed by atoms with van der Waals surface area (Å²) in [6, 6.07) is 3.95. The van der Waals surface area contributed by atoms with Crippen LogP contribution >= 0.6 is 0 Å². The van der Waals surface area contributed by atoms with Crippen LogP contribution in [0.3, 0.4) is 0 Å². The van der Waals surface area contributed by atoms with Crippen molar-refractivity contribution < 1.29 is 17.7 Å². The SMILES string of the molecule is CC1(C)OCCc2cc([B-](F)(F)F)ccc21. The summed E-state index contributed by atoms with van der Waals surface area (Å²) in [6.07, 6.45) is 0.554. The predicted octanol–water partition coefficient (Wildman–Crippen LogP) is 2.55. The maximum atomic E-state index is 12.6. The lowest BCUT2D eigenvalue weighted by atomic mass is 9.76. The van der Waals surface area contributed by atoms with E-state index in [1.165, 1.54) is 6.07 Å². The molecule has 1 aliphatic rings. The third-order valence-electron chi connectivity index (χ3n) is 2.99. The molecular weight excluding hydrogens is 216 g/mol. The summed E-state index contributed by atoms with van der Waals surface area (Å²) >= 11 is 0. The lowest BCUT2D eigenvalue weighted by molar-refractivity contribution is -0.0314. The summed E-state index contributed by atoms with van der Waals surface area (Å²) in [4.78, 5) is 0. The fourth-order valence-electron chi connectivity index (χ4n) is 2.11. The Balaban J connectivity index is 2.48. The number of rotatable bonds is 1.